The Kier molecular flexibility index (Phi) is 5.92. The summed E-state index contributed by atoms with van der Waals surface area (Å²) in [5, 5.41) is 14.1. The van der Waals surface area contributed by atoms with E-state index < -0.39 is 12.0 Å². The van der Waals surface area contributed by atoms with Crippen LogP contribution in [0, 0.1) is 0 Å². The summed E-state index contributed by atoms with van der Waals surface area (Å²) in [5.41, 5.74) is 3.41. The Bertz CT molecular complexity index is 1000. The van der Waals surface area contributed by atoms with Gasteiger partial charge in [-0.25, -0.2) is 9.78 Å². The molecule has 2 N–H and O–H groups in total. The van der Waals surface area contributed by atoms with Crippen LogP contribution in [0.25, 0.3) is 10.2 Å². The molecule has 1 aliphatic heterocycles. The Morgan fingerprint density at radius 2 is 2.04 bits per heavy atom. The molecule has 0 saturated carbocycles. The van der Waals surface area contributed by atoms with Gasteiger partial charge in [-0.05, 0) is 43.0 Å². The quantitative estimate of drug-likeness (QED) is 0.527. The van der Waals surface area contributed by atoms with Crippen molar-refractivity contribution in [2.75, 3.05) is 17.6 Å². The Labute approximate surface area is 171 Å². The molecule has 0 fully saturated rings. The second-order valence-corrected chi connectivity index (χ2v) is 8.71. The zero-order chi connectivity index (χ0) is 19.3. The highest BCUT2D eigenvalue weighted by Crippen LogP contribution is 2.31. The van der Waals surface area contributed by atoms with E-state index in [0.717, 1.165) is 51.8 Å². The summed E-state index contributed by atoms with van der Waals surface area (Å²) in [5.74, 6) is -0.390. The van der Waals surface area contributed by atoms with E-state index in [1.54, 1.807) is 11.3 Å². The molecule has 4 rings (SSSR count). The summed E-state index contributed by atoms with van der Waals surface area (Å²) in [6.45, 7) is 0.937. The van der Waals surface area contributed by atoms with Crippen LogP contribution in [0.1, 0.15) is 23.4 Å². The highest BCUT2D eigenvalue weighted by atomic mass is 32.2. The van der Waals surface area contributed by atoms with Crippen molar-refractivity contribution >= 4 is 50.0 Å². The predicted octanol–water partition coefficient (Wildman–Crippen LogP) is 4.68. The average molecular weight is 412 g/mol. The maximum Gasteiger partial charge on any atom is 0.329 e. The van der Waals surface area contributed by atoms with E-state index in [9.17, 15) is 4.79 Å². The summed E-state index contributed by atoms with van der Waals surface area (Å²) in [6.07, 6.45) is 3.38. The lowest BCUT2D eigenvalue weighted by Gasteiger charge is -2.06. The molecular weight excluding hydrogens is 390 g/mol. The number of nitrogens with zero attached hydrogens (tertiary/aromatic N) is 2. The molecule has 0 bridgehead atoms. The van der Waals surface area contributed by atoms with Crippen molar-refractivity contribution in [2.45, 2.75) is 25.3 Å². The Morgan fingerprint density at radius 3 is 2.82 bits per heavy atom. The number of hydrogen-bond acceptors (Lipinski definition) is 6. The zero-order valence-corrected chi connectivity index (χ0v) is 16.9. The van der Waals surface area contributed by atoms with Crippen LogP contribution in [0.3, 0.4) is 0 Å². The summed E-state index contributed by atoms with van der Waals surface area (Å²) < 4.78 is 1.09. The van der Waals surface area contributed by atoms with Crippen molar-refractivity contribution in [3.05, 3.63) is 59.1 Å². The Balaban J connectivity index is 1.33. The number of fused-ring (bicyclic) bond motifs is 1. The normalized spacial score (nSPS) is 16.3. The van der Waals surface area contributed by atoms with E-state index in [-0.39, 0.29) is 0 Å². The van der Waals surface area contributed by atoms with Crippen LogP contribution in [0.5, 0.6) is 0 Å². The number of anilines is 1. The standard InChI is InChI=1S/C21H21N3O2S2/c25-21(26)17-13-27-19(24-17)20-23-16-10-9-15(12-18(16)28-20)22-11-5-4-8-14-6-2-1-3-7-14/h1-3,6-7,9-10,12,17,22H,4-5,8,11,13H2,(H,25,26). The lowest BCUT2D eigenvalue weighted by atomic mass is 10.1. The van der Waals surface area contributed by atoms with E-state index in [1.165, 1.54) is 17.3 Å². The van der Waals surface area contributed by atoms with Gasteiger partial charge in [0, 0.05) is 18.0 Å². The van der Waals surface area contributed by atoms with E-state index in [4.69, 9.17) is 5.11 Å². The number of rotatable bonds is 8. The minimum absolute atomic E-state index is 0.483. The maximum atomic E-state index is 11.1. The molecule has 1 unspecified atom stereocenters. The van der Waals surface area contributed by atoms with Gasteiger partial charge in [-0.2, -0.15) is 0 Å². The summed E-state index contributed by atoms with van der Waals surface area (Å²) in [6, 6.07) is 16.1. The Hall–Kier alpha value is -2.38. The summed E-state index contributed by atoms with van der Waals surface area (Å²) in [4.78, 5) is 20.0. The molecule has 3 aromatic rings. The Morgan fingerprint density at radius 1 is 1.18 bits per heavy atom. The van der Waals surface area contributed by atoms with Gasteiger partial charge in [0.25, 0.3) is 0 Å². The van der Waals surface area contributed by atoms with Crippen molar-refractivity contribution in [3.8, 4) is 0 Å². The number of unbranched alkanes of at least 4 members (excludes halogenated alkanes) is 1. The van der Waals surface area contributed by atoms with E-state index in [1.807, 2.05) is 12.1 Å². The van der Waals surface area contributed by atoms with Gasteiger partial charge in [0.15, 0.2) is 6.04 Å². The van der Waals surface area contributed by atoms with Crippen LogP contribution in [-0.2, 0) is 11.2 Å². The van der Waals surface area contributed by atoms with Gasteiger partial charge in [0.2, 0.25) is 0 Å². The lowest BCUT2D eigenvalue weighted by Crippen LogP contribution is -2.17. The second kappa shape index (κ2) is 8.75. The summed E-state index contributed by atoms with van der Waals surface area (Å²) in [7, 11) is 0. The number of aliphatic imine (C=N–C) groups is 1. The fourth-order valence-corrected chi connectivity index (χ4v) is 5.18. The van der Waals surface area contributed by atoms with Crippen LogP contribution in [-0.4, -0.2) is 39.4 Å². The highest BCUT2D eigenvalue weighted by Gasteiger charge is 2.26. The number of nitrogens with one attached hydrogen (secondary N) is 1. The van der Waals surface area contributed by atoms with E-state index in [0.29, 0.717) is 5.75 Å². The summed E-state index contributed by atoms with van der Waals surface area (Å²) >= 11 is 3.04. The molecule has 2 aromatic carbocycles. The molecule has 28 heavy (non-hydrogen) atoms. The maximum absolute atomic E-state index is 11.1. The minimum atomic E-state index is -0.873. The smallest absolute Gasteiger partial charge is 0.329 e. The second-order valence-electron chi connectivity index (χ2n) is 6.67. The van der Waals surface area contributed by atoms with Gasteiger partial charge in [0.05, 0.1) is 10.2 Å². The number of aliphatic carboxylic acids is 1. The number of thiazole rings is 1. The molecule has 0 spiro atoms. The van der Waals surface area contributed by atoms with Crippen LogP contribution >= 0.6 is 23.1 Å². The van der Waals surface area contributed by atoms with Crippen molar-refractivity contribution in [1.82, 2.24) is 4.98 Å². The molecule has 1 aromatic heterocycles. The first-order chi connectivity index (χ1) is 13.7. The molecular formula is C21H21N3O2S2. The van der Waals surface area contributed by atoms with Gasteiger partial charge in [0.1, 0.15) is 10.1 Å². The fraction of sp³-hybridized carbons (Fsp3) is 0.286. The number of thioether (sulfide) groups is 1. The number of benzene rings is 2. The minimum Gasteiger partial charge on any atom is -0.480 e. The fourth-order valence-electron chi connectivity index (χ4n) is 3.07. The van der Waals surface area contributed by atoms with Gasteiger partial charge in [-0.15, -0.1) is 23.1 Å². The van der Waals surface area contributed by atoms with Gasteiger partial charge < -0.3 is 10.4 Å². The predicted molar refractivity (Wildman–Crippen MR) is 118 cm³/mol. The zero-order valence-electron chi connectivity index (χ0n) is 15.3. The van der Waals surface area contributed by atoms with Gasteiger partial charge >= 0.3 is 5.97 Å². The van der Waals surface area contributed by atoms with Crippen molar-refractivity contribution in [3.63, 3.8) is 0 Å². The first-order valence-electron chi connectivity index (χ1n) is 9.31. The third-order valence-electron chi connectivity index (χ3n) is 4.57. The lowest BCUT2D eigenvalue weighted by molar-refractivity contribution is -0.137. The van der Waals surface area contributed by atoms with Crippen LogP contribution in [0.15, 0.2) is 53.5 Å². The SMILES string of the molecule is O=C(O)C1CSC(c2nc3ccc(NCCCCc4ccccc4)cc3s2)=N1. The molecule has 1 atom stereocenters. The van der Waals surface area contributed by atoms with Crippen molar-refractivity contribution in [2.24, 2.45) is 4.99 Å². The van der Waals surface area contributed by atoms with E-state index in [2.05, 4.69) is 51.7 Å². The molecule has 5 nitrogen and oxygen atoms in total. The molecule has 0 aliphatic carbocycles. The number of aryl methyl sites for hydroxylation is 1. The van der Waals surface area contributed by atoms with Crippen LogP contribution < -0.4 is 5.32 Å². The molecule has 0 radical (unpaired) electrons. The average Bonchev–Trinajstić information content (AvgIpc) is 3.35. The molecule has 144 valence electrons. The monoisotopic (exact) mass is 411 g/mol. The van der Waals surface area contributed by atoms with Gasteiger partial charge in [-0.1, -0.05) is 30.3 Å². The first kappa shape index (κ1) is 19.0. The van der Waals surface area contributed by atoms with Crippen molar-refractivity contribution < 1.29 is 9.90 Å². The van der Waals surface area contributed by atoms with Crippen LogP contribution in [0.4, 0.5) is 5.69 Å². The topological polar surface area (TPSA) is 74.6 Å². The highest BCUT2D eigenvalue weighted by molar-refractivity contribution is 8.15. The van der Waals surface area contributed by atoms with E-state index >= 15 is 0 Å². The number of carbonyl (C=O) groups is 1. The molecule has 2 heterocycles. The third-order valence-corrected chi connectivity index (χ3v) is 6.78. The van der Waals surface area contributed by atoms with Crippen LogP contribution in [0.2, 0.25) is 0 Å². The number of hydrogen-bond donors (Lipinski definition) is 2. The number of aromatic nitrogens is 1. The molecule has 0 saturated heterocycles. The first-order valence-corrected chi connectivity index (χ1v) is 11.1. The number of carboxylic acids is 1. The number of carboxylic acid groups (broad SMARTS) is 1. The largest absolute Gasteiger partial charge is 0.480 e. The molecule has 7 heteroatoms. The third kappa shape index (κ3) is 4.54. The van der Waals surface area contributed by atoms with Crippen molar-refractivity contribution in [1.29, 1.82) is 0 Å². The molecule has 1 aliphatic rings. The van der Waals surface area contributed by atoms with Gasteiger partial charge in [-0.3, -0.25) is 4.99 Å². The molecule has 0 amide bonds.